The number of nitrogens with zero attached hydrogens (tertiary/aromatic N) is 2. The fourth-order valence-electron chi connectivity index (χ4n) is 3.41. The van der Waals surface area contributed by atoms with E-state index >= 15 is 0 Å². The van der Waals surface area contributed by atoms with Crippen LogP contribution in [0.15, 0.2) is 0 Å². The van der Waals surface area contributed by atoms with Crippen LogP contribution in [0.4, 0.5) is 0 Å². The molecule has 1 N–H and O–H groups in total. The molecule has 4 heteroatoms. The zero-order chi connectivity index (χ0) is 13.2. The molecule has 2 fully saturated rings. The minimum atomic E-state index is -0.295. The van der Waals surface area contributed by atoms with Crippen molar-refractivity contribution in [1.82, 2.24) is 10.2 Å². The van der Waals surface area contributed by atoms with E-state index in [1.807, 2.05) is 14.2 Å². The van der Waals surface area contributed by atoms with Crippen LogP contribution in [0.2, 0.25) is 0 Å². The number of likely N-dealkylation sites (tertiary alicyclic amines) is 1. The summed E-state index contributed by atoms with van der Waals surface area (Å²) in [6.45, 7) is 4.44. The predicted molar refractivity (Wildman–Crippen MR) is 71.2 cm³/mol. The maximum atomic E-state index is 9.32. The second-order valence-corrected chi connectivity index (χ2v) is 5.88. The first-order valence-corrected chi connectivity index (χ1v) is 7.01. The van der Waals surface area contributed by atoms with Crippen molar-refractivity contribution in [1.29, 1.82) is 5.26 Å². The van der Waals surface area contributed by atoms with Gasteiger partial charge in [-0.15, -0.1) is 0 Å². The maximum absolute atomic E-state index is 9.32. The zero-order valence-electron chi connectivity index (χ0n) is 11.8. The van der Waals surface area contributed by atoms with Gasteiger partial charge in [-0.3, -0.25) is 4.90 Å². The zero-order valence-corrected chi connectivity index (χ0v) is 11.8. The molecule has 1 aliphatic heterocycles. The van der Waals surface area contributed by atoms with Crippen molar-refractivity contribution in [2.45, 2.75) is 50.3 Å². The summed E-state index contributed by atoms with van der Waals surface area (Å²) in [4.78, 5) is 2.53. The van der Waals surface area contributed by atoms with Gasteiger partial charge in [-0.05, 0) is 45.2 Å². The monoisotopic (exact) mass is 251 g/mol. The molecule has 2 rings (SSSR count). The van der Waals surface area contributed by atoms with Crippen LogP contribution in [0.1, 0.15) is 32.6 Å². The largest absolute Gasteiger partial charge is 0.380 e. The molecule has 0 amide bonds. The quantitative estimate of drug-likeness (QED) is 0.823. The number of methoxy groups -OCH3 is 1. The summed E-state index contributed by atoms with van der Waals surface area (Å²) in [7, 11) is 3.72. The van der Waals surface area contributed by atoms with Gasteiger partial charge in [-0.25, -0.2) is 0 Å². The molecule has 1 saturated carbocycles. The fraction of sp³-hybridized carbons (Fsp3) is 0.929. The molecule has 1 aliphatic carbocycles. The van der Waals surface area contributed by atoms with Crippen molar-refractivity contribution in [3.05, 3.63) is 0 Å². The SMILES string of the molecule is CNC1(C#N)CCC(N2CCC(C)C(OC)C2)C1. The van der Waals surface area contributed by atoms with Crippen LogP contribution in [-0.2, 0) is 4.74 Å². The third kappa shape index (κ3) is 2.54. The maximum Gasteiger partial charge on any atom is 0.108 e. The summed E-state index contributed by atoms with van der Waals surface area (Å²) in [6, 6.07) is 3.00. The summed E-state index contributed by atoms with van der Waals surface area (Å²) in [5.41, 5.74) is -0.295. The van der Waals surface area contributed by atoms with Crippen LogP contribution in [0, 0.1) is 17.2 Å². The van der Waals surface area contributed by atoms with Gasteiger partial charge in [0, 0.05) is 19.7 Å². The normalized spacial score (nSPS) is 41.8. The van der Waals surface area contributed by atoms with Gasteiger partial charge in [-0.1, -0.05) is 6.92 Å². The Morgan fingerprint density at radius 1 is 1.44 bits per heavy atom. The van der Waals surface area contributed by atoms with Crippen molar-refractivity contribution in [3.63, 3.8) is 0 Å². The average Bonchev–Trinajstić information content (AvgIpc) is 2.84. The van der Waals surface area contributed by atoms with Crippen LogP contribution in [0.3, 0.4) is 0 Å². The number of nitriles is 1. The van der Waals surface area contributed by atoms with Gasteiger partial charge in [0.1, 0.15) is 5.54 Å². The summed E-state index contributed by atoms with van der Waals surface area (Å²) < 4.78 is 5.58. The Labute approximate surface area is 110 Å². The minimum Gasteiger partial charge on any atom is -0.380 e. The summed E-state index contributed by atoms with van der Waals surface area (Å²) in [5, 5.41) is 12.5. The Balaban J connectivity index is 1.96. The van der Waals surface area contributed by atoms with Crippen molar-refractivity contribution in [2.75, 3.05) is 27.2 Å². The molecular formula is C14H25N3O. The molecule has 4 unspecified atom stereocenters. The molecule has 0 radical (unpaired) electrons. The number of nitrogens with one attached hydrogen (secondary N) is 1. The van der Waals surface area contributed by atoms with E-state index in [1.54, 1.807) is 0 Å². The van der Waals surface area contributed by atoms with E-state index in [2.05, 4.69) is 23.2 Å². The van der Waals surface area contributed by atoms with Crippen LogP contribution < -0.4 is 5.32 Å². The molecule has 4 nitrogen and oxygen atoms in total. The molecular weight excluding hydrogens is 226 g/mol. The predicted octanol–water partition coefficient (Wildman–Crippen LogP) is 1.38. The van der Waals surface area contributed by atoms with E-state index < -0.39 is 0 Å². The standard InChI is InChI=1S/C14H25N3O/c1-11-5-7-17(9-13(11)18-3)12-4-6-14(8-12,10-15)16-2/h11-13,16H,4-9H2,1-3H3. The number of piperidine rings is 1. The molecule has 0 bridgehead atoms. The second kappa shape index (κ2) is 5.56. The van der Waals surface area contributed by atoms with Crippen LogP contribution in [0.5, 0.6) is 0 Å². The number of hydrogen-bond acceptors (Lipinski definition) is 4. The van der Waals surface area contributed by atoms with E-state index in [0.29, 0.717) is 18.1 Å². The van der Waals surface area contributed by atoms with Gasteiger partial charge in [-0.2, -0.15) is 5.26 Å². The van der Waals surface area contributed by atoms with Crippen LogP contribution >= 0.6 is 0 Å². The van der Waals surface area contributed by atoms with Crippen LogP contribution in [0.25, 0.3) is 0 Å². The fourth-order valence-corrected chi connectivity index (χ4v) is 3.41. The van der Waals surface area contributed by atoms with Gasteiger partial charge in [0.2, 0.25) is 0 Å². The van der Waals surface area contributed by atoms with E-state index in [0.717, 1.165) is 32.4 Å². The molecule has 1 heterocycles. The van der Waals surface area contributed by atoms with Crippen LogP contribution in [-0.4, -0.2) is 49.8 Å². The molecule has 0 spiro atoms. The number of hydrogen-bond donors (Lipinski definition) is 1. The third-order valence-electron chi connectivity index (χ3n) is 4.92. The summed E-state index contributed by atoms with van der Waals surface area (Å²) >= 11 is 0. The number of rotatable bonds is 3. The Bertz CT molecular complexity index is 327. The summed E-state index contributed by atoms with van der Waals surface area (Å²) in [6.07, 6.45) is 4.59. The first-order valence-electron chi connectivity index (χ1n) is 7.01. The molecule has 2 aliphatic rings. The molecule has 0 aromatic carbocycles. The van der Waals surface area contributed by atoms with Gasteiger partial charge < -0.3 is 10.1 Å². The van der Waals surface area contributed by atoms with Gasteiger partial charge in [0.25, 0.3) is 0 Å². The Morgan fingerprint density at radius 2 is 2.22 bits per heavy atom. The lowest BCUT2D eigenvalue weighted by Crippen LogP contribution is -2.49. The van der Waals surface area contributed by atoms with E-state index in [9.17, 15) is 5.26 Å². The molecule has 102 valence electrons. The molecule has 1 saturated heterocycles. The van der Waals surface area contributed by atoms with E-state index in [4.69, 9.17) is 4.74 Å². The highest BCUT2D eigenvalue weighted by Crippen LogP contribution is 2.34. The van der Waals surface area contributed by atoms with Gasteiger partial charge in [0.15, 0.2) is 0 Å². The molecule has 18 heavy (non-hydrogen) atoms. The van der Waals surface area contributed by atoms with Crippen molar-refractivity contribution in [2.24, 2.45) is 5.92 Å². The van der Waals surface area contributed by atoms with Crippen molar-refractivity contribution in [3.8, 4) is 6.07 Å². The lowest BCUT2D eigenvalue weighted by molar-refractivity contribution is -0.0186. The Hall–Kier alpha value is -0.630. The Morgan fingerprint density at radius 3 is 2.78 bits per heavy atom. The highest BCUT2D eigenvalue weighted by atomic mass is 16.5. The molecule has 4 atom stereocenters. The minimum absolute atomic E-state index is 0.295. The number of ether oxygens (including phenoxy) is 1. The smallest absolute Gasteiger partial charge is 0.108 e. The van der Waals surface area contributed by atoms with Crippen molar-refractivity contribution >= 4 is 0 Å². The lowest BCUT2D eigenvalue weighted by Gasteiger charge is -2.39. The second-order valence-electron chi connectivity index (χ2n) is 5.88. The first-order chi connectivity index (χ1) is 8.64. The van der Waals surface area contributed by atoms with Crippen molar-refractivity contribution < 1.29 is 4.74 Å². The summed E-state index contributed by atoms with van der Waals surface area (Å²) in [5.74, 6) is 0.651. The third-order valence-corrected chi connectivity index (χ3v) is 4.92. The Kier molecular flexibility index (Phi) is 4.26. The molecule has 0 aromatic heterocycles. The van der Waals surface area contributed by atoms with Gasteiger partial charge >= 0.3 is 0 Å². The van der Waals surface area contributed by atoms with Gasteiger partial charge in [0.05, 0.1) is 12.2 Å². The topological polar surface area (TPSA) is 48.3 Å². The highest BCUT2D eigenvalue weighted by molar-refractivity contribution is 5.13. The highest BCUT2D eigenvalue weighted by Gasteiger charge is 2.42. The average molecular weight is 251 g/mol. The molecule has 0 aromatic rings. The first kappa shape index (κ1) is 13.8. The lowest BCUT2D eigenvalue weighted by atomic mass is 9.93. The van der Waals surface area contributed by atoms with E-state index in [-0.39, 0.29) is 5.54 Å². The van der Waals surface area contributed by atoms with E-state index in [1.165, 1.54) is 6.42 Å².